The van der Waals surface area contributed by atoms with Crippen molar-refractivity contribution in [3.63, 3.8) is 0 Å². The van der Waals surface area contributed by atoms with Crippen LogP contribution in [0.3, 0.4) is 0 Å². The molecule has 5 N–H and O–H groups in total. The highest BCUT2D eigenvalue weighted by Crippen LogP contribution is 2.17. The molecule has 1 atom stereocenters. The van der Waals surface area contributed by atoms with Crippen LogP contribution in [-0.4, -0.2) is 104 Å². The highest BCUT2D eigenvalue weighted by Gasteiger charge is 2.22. The fourth-order valence-electron chi connectivity index (χ4n) is 4.12. The minimum atomic E-state index is -4.91. The van der Waals surface area contributed by atoms with Crippen molar-refractivity contribution in [2.24, 2.45) is 5.11 Å². The van der Waals surface area contributed by atoms with Crippen molar-refractivity contribution in [2.45, 2.75) is 36.7 Å². The smallest absolute Gasteiger partial charge is 0.332 e. The van der Waals surface area contributed by atoms with E-state index in [4.69, 9.17) is 25.5 Å². The molecule has 0 aliphatic heterocycles. The van der Waals surface area contributed by atoms with Crippen LogP contribution < -0.4 is 21.7 Å². The molecule has 19 nitrogen and oxygen atoms in total. The maximum atomic E-state index is 13.2. The number of fused-ring (bicyclic) bond motifs is 1. The normalized spacial score (nSPS) is 11.9. The molecule has 3 amide bonds. The number of unbranched alkanes of at least 4 members (excludes halogenated alkanes) is 1. The van der Waals surface area contributed by atoms with E-state index in [0.717, 1.165) is 12.1 Å². The van der Waals surface area contributed by atoms with Gasteiger partial charge in [-0.3, -0.25) is 14.4 Å². The second-order valence-corrected chi connectivity index (χ2v) is 11.3. The second kappa shape index (κ2) is 19.7. The third-order valence-electron chi connectivity index (χ3n) is 6.42. The number of amides is 3. The Bertz CT molecular complexity index is 1670. The average Bonchev–Trinajstić information content (AvgIpc) is 3.46. The first-order valence-corrected chi connectivity index (χ1v) is 16.0. The fourth-order valence-corrected chi connectivity index (χ4v) is 4.58. The van der Waals surface area contributed by atoms with E-state index in [1.165, 1.54) is 29.4 Å². The van der Waals surface area contributed by atoms with Gasteiger partial charge in [0, 0.05) is 23.7 Å². The van der Waals surface area contributed by atoms with Crippen LogP contribution in [0, 0.1) is 0 Å². The highest BCUT2D eigenvalue weighted by molar-refractivity contribution is 7.86. The molecule has 0 saturated carbocycles. The fraction of sp³-hybridized carbons (Fsp3) is 0.481. The summed E-state index contributed by atoms with van der Waals surface area (Å²) in [5.74, 6) is -1.32. The summed E-state index contributed by atoms with van der Waals surface area (Å²) in [7, 11) is -4.91. The van der Waals surface area contributed by atoms with Crippen molar-refractivity contribution >= 4 is 50.6 Å². The average molecular weight is 694 g/mol. The molecule has 0 unspecified atom stereocenters. The van der Waals surface area contributed by atoms with Gasteiger partial charge in [0.15, 0.2) is 11.5 Å². The molecule has 2 aromatic heterocycles. The van der Waals surface area contributed by atoms with Crippen molar-refractivity contribution in [3.8, 4) is 0 Å². The number of azide groups is 1. The number of carbonyl (C=O) groups is 3. The topological polar surface area (TPSA) is 268 Å². The summed E-state index contributed by atoms with van der Waals surface area (Å²) >= 11 is 0. The maximum Gasteiger partial charge on any atom is 0.332 e. The first-order chi connectivity index (χ1) is 23.1. The molecule has 3 aromatic rings. The van der Waals surface area contributed by atoms with E-state index in [-0.39, 0.29) is 63.3 Å². The zero-order valence-corrected chi connectivity index (χ0v) is 26.6. The molecule has 21 heteroatoms. The van der Waals surface area contributed by atoms with Crippen molar-refractivity contribution in [3.05, 3.63) is 47.4 Å². The van der Waals surface area contributed by atoms with E-state index in [0.29, 0.717) is 43.8 Å². The molecule has 3 rings (SSSR count). The van der Waals surface area contributed by atoms with Crippen molar-refractivity contribution in [1.82, 2.24) is 30.2 Å². The number of benzene rings is 1. The number of ether oxygens (including phenoxy) is 3. The molecule has 0 spiro atoms. The minimum Gasteiger partial charge on any atom is -0.382 e. The summed E-state index contributed by atoms with van der Waals surface area (Å²) in [6.07, 6.45) is 3.69. The van der Waals surface area contributed by atoms with Crippen LogP contribution in [0.15, 0.2) is 46.9 Å². The number of hydrogen-bond acceptors (Lipinski definition) is 13. The van der Waals surface area contributed by atoms with Crippen LogP contribution in [0.1, 0.15) is 19.3 Å². The molecule has 0 aliphatic rings. The first kappa shape index (κ1) is 37.5. The van der Waals surface area contributed by atoms with E-state index >= 15 is 0 Å². The third-order valence-corrected chi connectivity index (χ3v) is 7.25. The lowest BCUT2D eigenvalue weighted by molar-refractivity contribution is -0.127. The van der Waals surface area contributed by atoms with E-state index in [2.05, 4.69) is 40.9 Å². The number of nitrogen functional groups attached to an aromatic ring is 1. The Morgan fingerprint density at radius 3 is 2.42 bits per heavy atom. The van der Waals surface area contributed by atoms with E-state index in [1.807, 2.05) is 0 Å². The lowest BCUT2D eigenvalue weighted by atomic mass is 10.1. The summed E-state index contributed by atoms with van der Waals surface area (Å²) in [6.45, 7) is 1.55. The Morgan fingerprint density at radius 1 is 1.00 bits per heavy atom. The lowest BCUT2D eigenvalue weighted by Gasteiger charge is -2.19. The maximum absolute atomic E-state index is 13.2. The van der Waals surface area contributed by atoms with Gasteiger partial charge in [0.1, 0.15) is 31.0 Å². The molecule has 2 heterocycles. The van der Waals surface area contributed by atoms with Gasteiger partial charge in [-0.05, 0) is 49.1 Å². The third kappa shape index (κ3) is 13.0. The zero-order chi connectivity index (χ0) is 34.8. The molecule has 0 radical (unpaired) electrons. The molecule has 260 valence electrons. The SMILES string of the molecule is [N-]=[N+]=NCCOCCOCCOCC(=O)NCCCC[C@H](NC(=O)Cn1cnc2c(N)ncnc21)C(=O)Nc1ccc(S(=O)(=O)F)cc1. The zero-order valence-electron chi connectivity index (χ0n) is 25.8. The van der Waals surface area contributed by atoms with Gasteiger partial charge in [-0.15, -0.1) is 3.89 Å². The van der Waals surface area contributed by atoms with Crippen LogP contribution in [-0.2, 0) is 45.4 Å². The Kier molecular flexibility index (Phi) is 15.4. The lowest BCUT2D eigenvalue weighted by Crippen LogP contribution is -2.45. The summed E-state index contributed by atoms with van der Waals surface area (Å²) in [6, 6.07) is 3.43. The number of nitrogens with two attached hydrogens (primary N) is 1. The molecule has 48 heavy (non-hydrogen) atoms. The van der Waals surface area contributed by atoms with Gasteiger partial charge >= 0.3 is 10.2 Å². The number of nitrogens with one attached hydrogen (secondary N) is 3. The van der Waals surface area contributed by atoms with Crippen molar-refractivity contribution in [2.75, 3.05) is 63.8 Å². The van der Waals surface area contributed by atoms with Crippen LogP contribution >= 0.6 is 0 Å². The van der Waals surface area contributed by atoms with Crippen molar-refractivity contribution in [1.29, 1.82) is 0 Å². The van der Waals surface area contributed by atoms with Gasteiger partial charge in [0.05, 0.1) is 44.3 Å². The number of aromatic nitrogens is 4. The van der Waals surface area contributed by atoms with Crippen molar-refractivity contribution < 1.29 is 40.9 Å². The molecular weight excluding hydrogens is 657 g/mol. The Hall–Kier alpha value is -4.95. The van der Waals surface area contributed by atoms with Crippen LogP contribution in [0.5, 0.6) is 0 Å². The van der Waals surface area contributed by atoms with Gasteiger partial charge in [0.25, 0.3) is 0 Å². The second-order valence-electron chi connectivity index (χ2n) is 9.95. The minimum absolute atomic E-state index is 0.147. The molecule has 0 saturated heterocycles. The molecule has 0 bridgehead atoms. The largest absolute Gasteiger partial charge is 0.382 e. The van der Waals surface area contributed by atoms with Gasteiger partial charge in [-0.25, -0.2) is 15.0 Å². The summed E-state index contributed by atoms with van der Waals surface area (Å²) in [5, 5.41) is 11.3. The van der Waals surface area contributed by atoms with Crippen LogP contribution in [0.4, 0.5) is 15.4 Å². The number of carbonyl (C=O) groups excluding carboxylic acids is 3. The van der Waals surface area contributed by atoms with Gasteiger partial charge in [0.2, 0.25) is 17.7 Å². The number of rotatable bonds is 22. The Balaban J connectivity index is 1.44. The molecular formula is C27H36FN11O8S. The summed E-state index contributed by atoms with van der Waals surface area (Å²) in [5.41, 5.74) is 14.8. The highest BCUT2D eigenvalue weighted by atomic mass is 32.3. The predicted octanol–water partition coefficient (Wildman–Crippen LogP) is 0.837. The Morgan fingerprint density at radius 2 is 1.71 bits per heavy atom. The number of hydrogen-bond donors (Lipinski definition) is 4. The summed E-state index contributed by atoms with van der Waals surface area (Å²) < 4.78 is 52.7. The van der Waals surface area contributed by atoms with Crippen LogP contribution in [0.25, 0.3) is 21.6 Å². The van der Waals surface area contributed by atoms with E-state index in [9.17, 15) is 26.7 Å². The number of imidazole rings is 1. The van der Waals surface area contributed by atoms with Gasteiger partial charge in [-0.2, -0.15) is 8.42 Å². The van der Waals surface area contributed by atoms with Crippen LogP contribution in [0.2, 0.25) is 0 Å². The quantitative estimate of drug-likeness (QED) is 0.0375. The number of anilines is 2. The summed E-state index contributed by atoms with van der Waals surface area (Å²) in [4.78, 5) is 52.3. The monoisotopic (exact) mass is 693 g/mol. The molecule has 0 aliphatic carbocycles. The molecule has 0 fully saturated rings. The molecule has 1 aromatic carbocycles. The standard InChI is InChI=1S/C27H36FN11O8S/c28-48(43,44)20-6-4-19(5-7-20)36-27(42)21(37-22(40)15-39-18-34-24-25(29)32-17-33-26(24)39)3-1-2-8-31-23(41)16-47-14-13-46-12-11-45-10-9-35-38-30/h4-7,17-18,21H,1-3,8-16H2,(H,31,41)(H,36,42)(H,37,40)(H2,29,32,33)/t21-/m0/s1. The predicted molar refractivity (Wildman–Crippen MR) is 168 cm³/mol. The van der Waals surface area contributed by atoms with E-state index < -0.39 is 33.0 Å². The number of nitrogens with zero attached hydrogens (tertiary/aromatic N) is 7. The van der Waals surface area contributed by atoms with Gasteiger partial charge < -0.3 is 40.5 Å². The number of halogens is 1. The first-order valence-electron chi connectivity index (χ1n) is 14.7. The Labute approximate surface area is 274 Å². The van der Waals surface area contributed by atoms with E-state index in [1.54, 1.807) is 0 Å². The van der Waals surface area contributed by atoms with Gasteiger partial charge in [-0.1, -0.05) is 5.11 Å².